The first-order valence-corrected chi connectivity index (χ1v) is 5.60. The predicted molar refractivity (Wildman–Crippen MR) is 49.8 cm³/mol. The van der Waals surface area contributed by atoms with Crippen molar-refractivity contribution in [1.82, 2.24) is 0 Å². The highest BCUT2D eigenvalue weighted by atomic mass is 28.2. The Hall–Kier alpha value is -0.563. The highest BCUT2D eigenvalue weighted by molar-refractivity contribution is 6.53. The minimum absolute atomic E-state index is 0.0700. The van der Waals surface area contributed by atoms with Crippen LogP contribution < -0.4 is 5.19 Å². The van der Waals surface area contributed by atoms with Crippen LogP contribution in [-0.4, -0.2) is 9.52 Å². The van der Waals surface area contributed by atoms with Gasteiger partial charge in [-0.1, -0.05) is 48.0 Å². The zero-order valence-corrected chi connectivity index (χ0v) is 8.14. The number of rotatable bonds is 2. The van der Waals surface area contributed by atoms with Crippen LogP contribution in [0.4, 0.5) is 0 Å². The van der Waals surface area contributed by atoms with Crippen molar-refractivity contribution in [1.29, 1.82) is 0 Å². The van der Waals surface area contributed by atoms with E-state index in [0.29, 0.717) is 0 Å². The molecule has 0 saturated heterocycles. The van der Waals surface area contributed by atoms with Crippen molar-refractivity contribution in [2.24, 2.45) is 0 Å². The van der Waals surface area contributed by atoms with Crippen molar-refractivity contribution in [2.45, 2.75) is 19.9 Å². The molecule has 0 amide bonds. The molecular formula is C9H14Si. The lowest BCUT2D eigenvalue weighted by molar-refractivity contribution is 1.44. The fourth-order valence-electron chi connectivity index (χ4n) is 1.16. The van der Waals surface area contributed by atoms with Gasteiger partial charge in [0.1, 0.15) is 0 Å². The lowest BCUT2D eigenvalue weighted by Crippen LogP contribution is -2.15. The summed E-state index contributed by atoms with van der Waals surface area (Å²) >= 11 is 0. The van der Waals surface area contributed by atoms with Crippen LogP contribution in [0.3, 0.4) is 0 Å². The fraction of sp³-hybridized carbons (Fsp3) is 0.333. The molecule has 0 bridgehead atoms. The quantitative estimate of drug-likeness (QED) is 0.556. The summed E-state index contributed by atoms with van der Waals surface area (Å²) in [4.78, 5) is 0. The van der Waals surface area contributed by atoms with Crippen LogP contribution in [0, 0.1) is 6.92 Å². The molecule has 0 aliphatic carbocycles. The molecule has 0 aromatic heterocycles. The van der Waals surface area contributed by atoms with E-state index in [0.717, 1.165) is 0 Å². The molecular weight excluding hydrogens is 136 g/mol. The minimum atomic E-state index is 0.0700. The van der Waals surface area contributed by atoms with E-state index in [-0.39, 0.29) is 9.52 Å². The molecule has 0 spiro atoms. The van der Waals surface area contributed by atoms with Gasteiger partial charge in [0.25, 0.3) is 0 Å². The van der Waals surface area contributed by atoms with Gasteiger partial charge in [-0.25, -0.2) is 0 Å². The Kier molecular flexibility index (Phi) is 2.69. The molecule has 1 aromatic carbocycles. The fourth-order valence-corrected chi connectivity index (χ4v) is 2.51. The van der Waals surface area contributed by atoms with E-state index in [1.54, 1.807) is 5.19 Å². The Morgan fingerprint density at radius 3 is 2.60 bits per heavy atom. The summed E-state index contributed by atoms with van der Waals surface area (Å²) in [5.74, 6) is 0. The first-order valence-electron chi connectivity index (χ1n) is 3.89. The van der Waals surface area contributed by atoms with Crippen molar-refractivity contribution >= 4 is 14.7 Å². The standard InChI is InChI=1S/C9H14Si/c1-3-10-9-7-5-4-6-8(9)2/h4-7H,3,10H2,1-2H3. The molecule has 0 fully saturated rings. The monoisotopic (exact) mass is 150 g/mol. The molecule has 0 N–H and O–H groups in total. The van der Waals surface area contributed by atoms with Crippen LogP contribution in [0.15, 0.2) is 24.3 Å². The molecule has 1 aromatic rings. The molecule has 0 radical (unpaired) electrons. The average Bonchev–Trinajstić information content (AvgIpc) is 1.94. The van der Waals surface area contributed by atoms with Gasteiger partial charge in [-0.2, -0.15) is 0 Å². The Morgan fingerprint density at radius 2 is 2.00 bits per heavy atom. The smallest absolute Gasteiger partial charge is 0.0548 e. The van der Waals surface area contributed by atoms with Crippen LogP contribution >= 0.6 is 0 Å². The van der Waals surface area contributed by atoms with Crippen LogP contribution in [-0.2, 0) is 0 Å². The Labute approximate surface area is 65.1 Å². The van der Waals surface area contributed by atoms with Gasteiger partial charge >= 0.3 is 0 Å². The van der Waals surface area contributed by atoms with Gasteiger partial charge in [0, 0.05) is 0 Å². The molecule has 1 heteroatoms. The van der Waals surface area contributed by atoms with E-state index < -0.39 is 0 Å². The topological polar surface area (TPSA) is 0 Å². The second-order valence-corrected chi connectivity index (χ2v) is 4.94. The van der Waals surface area contributed by atoms with E-state index in [9.17, 15) is 0 Å². The van der Waals surface area contributed by atoms with E-state index in [1.807, 2.05) is 0 Å². The number of hydrogen-bond donors (Lipinski definition) is 0. The SMILES string of the molecule is CC[SiH2]c1ccccc1C. The first kappa shape index (κ1) is 7.54. The van der Waals surface area contributed by atoms with E-state index in [1.165, 1.54) is 11.6 Å². The highest BCUT2D eigenvalue weighted by Gasteiger charge is 1.93. The third kappa shape index (κ3) is 1.71. The second-order valence-electron chi connectivity index (χ2n) is 2.68. The number of aryl methyl sites for hydroxylation is 1. The van der Waals surface area contributed by atoms with Crippen LogP contribution in [0.5, 0.6) is 0 Å². The molecule has 54 valence electrons. The lowest BCUT2D eigenvalue weighted by Gasteiger charge is -2.00. The third-order valence-corrected chi connectivity index (χ3v) is 3.61. The van der Waals surface area contributed by atoms with Crippen molar-refractivity contribution in [2.75, 3.05) is 0 Å². The Bertz CT molecular complexity index is 206. The maximum atomic E-state index is 2.28. The summed E-state index contributed by atoms with van der Waals surface area (Å²) in [6.07, 6.45) is 0. The van der Waals surface area contributed by atoms with Crippen LogP contribution in [0.1, 0.15) is 12.5 Å². The van der Waals surface area contributed by atoms with Crippen LogP contribution in [0.2, 0.25) is 6.04 Å². The zero-order chi connectivity index (χ0) is 7.40. The van der Waals surface area contributed by atoms with Crippen LogP contribution in [0.25, 0.3) is 0 Å². The first-order chi connectivity index (χ1) is 4.84. The lowest BCUT2D eigenvalue weighted by atomic mass is 10.2. The summed E-state index contributed by atoms with van der Waals surface area (Å²) in [6, 6.07) is 10.1. The highest BCUT2D eigenvalue weighted by Crippen LogP contribution is 1.92. The summed E-state index contributed by atoms with van der Waals surface area (Å²) in [5, 5.41) is 1.63. The summed E-state index contributed by atoms with van der Waals surface area (Å²) < 4.78 is 0. The van der Waals surface area contributed by atoms with Gasteiger partial charge < -0.3 is 0 Å². The molecule has 0 unspecified atom stereocenters. The van der Waals surface area contributed by atoms with Crippen molar-refractivity contribution in [3.05, 3.63) is 29.8 Å². The number of hydrogen-bond acceptors (Lipinski definition) is 0. The molecule has 0 atom stereocenters. The predicted octanol–water partition coefficient (Wildman–Crippen LogP) is 1.23. The summed E-state index contributed by atoms with van der Waals surface area (Å²) in [5.41, 5.74) is 1.48. The van der Waals surface area contributed by atoms with Gasteiger partial charge in [0.05, 0.1) is 9.52 Å². The van der Waals surface area contributed by atoms with Gasteiger partial charge in [-0.05, 0) is 6.92 Å². The minimum Gasteiger partial charge on any atom is -0.0680 e. The zero-order valence-electron chi connectivity index (χ0n) is 6.72. The van der Waals surface area contributed by atoms with Gasteiger partial charge in [-0.15, -0.1) is 0 Å². The Morgan fingerprint density at radius 1 is 1.30 bits per heavy atom. The van der Waals surface area contributed by atoms with Crippen molar-refractivity contribution in [3.8, 4) is 0 Å². The Balaban J connectivity index is 2.81. The van der Waals surface area contributed by atoms with E-state index in [2.05, 4.69) is 38.1 Å². The van der Waals surface area contributed by atoms with Crippen molar-refractivity contribution in [3.63, 3.8) is 0 Å². The van der Waals surface area contributed by atoms with Gasteiger partial charge in [-0.3, -0.25) is 0 Å². The van der Waals surface area contributed by atoms with E-state index in [4.69, 9.17) is 0 Å². The normalized spacial score (nSPS) is 11.0. The van der Waals surface area contributed by atoms with Gasteiger partial charge in [0.2, 0.25) is 0 Å². The van der Waals surface area contributed by atoms with Gasteiger partial charge in [0.15, 0.2) is 0 Å². The third-order valence-electron chi connectivity index (χ3n) is 1.78. The second kappa shape index (κ2) is 3.57. The van der Waals surface area contributed by atoms with E-state index >= 15 is 0 Å². The maximum absolute atomic E-state index is 2.28. The molecule has 0 nitrogen and oxygen atoms in total. The molecule has 0 saturated carbocycles. The van der Waals surface area contributed by atoms with Crippen molar-refractivity contribution < 1.29 is 0 Å². The molecule has 0 heterocycles. The number of benzene rings is 1. The molecule has 0 aliphatic rings. The molecule has 1 rings (SSSR count). The summed E-state index contributed by atoms with van der Waals surface area (Å²) in [7, 11) is 0.0700. The largest absolute Gasteiger partial charge is 0.0680 e. The molecule has 10 heavy (non-hydrogen) atoms. The molecule has 0 aliphatic heterocycles. The average molecular weight is 150 g/mol. The summed E-state index contributed by atoms with van der Waals surface area (Å²) in [6.45, 7) is 4.48. The maximum Gasteiger partial charge on any atom is 0.0548 e.